The summed E-state index contributed by atoms with van der Waals surface area (Å²) in [7, 11) is 0. The number of rotatable bonds is 4. The number of benzene rings is 1. The Labute approximate surface area is 145 Å². The molecule has 1 atom stereocenters. The molecule has 1 aliphatic rings. The Hall–Kier alpha value is -2.57. The van der Waals surface area contributed by atoms with Gasteiger partial charge in [0.15, 0.2) is 5.76 Å². The van der Waals surface area contributed by atoms with Gasteiger partial charge < -0.3 is 15.1 Å². The fourth-order valence-electron chi connectivity index (χ4n) is 2.25. The standard InChI is InChI=1S/C17H17N3O3.ClH/c1-11-4-9-15(23-11)17(22)20-13-7-5-12(6-8-13)19-16(21)14-3-2-10-18-14;/h2-9,14,18H,10H2,1H3,(H,19,21)(H,20,22);1H. The number of amides is 2. The summed E-state index contributed by atoms with van der Waals surface area (Å²) < 4.78 is 5.27. The molecule has 126 valence electrons. The van der Waals surface area contributed by atoms with Crippen molar-refractivity contribution in [1.82, 2.24) is 5.32 Å². The van der Waals surface area contributed by atoms with E-state index in [9.17, 15) is 9.59 Å². The van der Waals surface area contributed by atoms with Gasteiger partial charge in [-0.25, -0.2) is 0 Å². The first-order valence-corrected chi connectivity index (χ1v) is 7.30. The topological polar surface area (TPSA) is 83.4 Å². The Bertz CT molecular complexity index is 753. The van der Waals surface area contributed by atoms with Crippen molar-refractivity contribution in [3.05, 3.63) is 60.1 Å². The summed E-state index contributed by atoms with van der Waals surface area (Å²) in [4.78, 5) is 23.9. The number of hydrogen-bond acceptors (Lipinski definition) is 4. The van der Waals surface area contributed by atoms with Gasteiger partial charge in [0.05, 0.1) is 0 Å². The van der Waals surface area contributed by atoms with Gasteiger partial charge in [0.25, 0.3) is 5.91 Å². The predicted molar refractivity (Wildman–Crippen MR) is 94.6 cm³/mol. The Morgan fingerprint density at radius 1 is 1.08 bits per heavy atom. The molecule has 2 amide bonds. The van der Waals surface area contributed by atoms with Gasteiger partial charge in [0.2, 0.25) is 5.91 Å². The zero-order valence-electron chi connectivity index (χ0n) is 13.0. The minimum absolute atomic E-state index is 0. The molecular weight excluding hydrogens is 330 g/mol. The molecule has 0 radical (unpaired) electrons. The van der Waals surface area contributed by atoms with Crippen LogP contribution in [0.25, 0.3) is 0 Å². The monoisotopic (exact) mass is 347 g/mol. The molecule has 2 aromatic rings. The summed E-state index contributed by atoms with van der Waals surface area (Å²) in [6.45, 7) is 2.48. The van der Waals surface area contributed by atoms with Gasteiger partial charge in [0, 0.05) is 17.9 Å². The lowest BCUT2D eigenvalue weighted by atomic mass is 10.2. The minimum atomic E-state index is -0.310. The van der Waals surface area contributed by atoms with Crippen LogP contribution >= 0.6 is 12.4 Å². The summed E-state index contributed by atoms with van der Waals surface area (Å²) in [6.07, 6.45) is 3.74. The van der Waals surface area contributed by atoms with Crippen LogP contribution in [0.3, 0.4) is 0 Å². The molecular formula is C17H18ClN3O3. The lowest BCUT2D eigenvalue weighted by Gasteiger charge is -2.11. The van der Waals surface area contributed by atoms with Gasteiger partial charge in [-0.15, -0.1) is 12.4 Å². The molecule has 0 spiro atoms. The van der Waals surface area contributed by atoms with E-state index >= 15 is 0 Å². The number of halogens is 1. The fourth-order valence-corrected chi connectivity index (χ4v) is 2.25. The maximum atomic E-state index is 12.0. The second-order valence-electron chi connectivity index (χ2n) is 5.25. The molecule has 1 aromatic carbocycles. The van der Waals surface area contributed by atoms with Crippen molar-refractivity contribution in [2.24, 2.45) is 0 Å². The molecule has 0 bridgehead atoms. The zero-order chi connectivity index (χ0) is 16.2. The van der Waals surface area contributed by atoms with E-state index in [1.165, 1.54) is 0 Å². The Morgan fingerprint density at radius 2 is 1.75 bits per heavy atom. The first-order chi connectivity index (χ1) is 11.1. The summed E-state index contributed by atoms with van der Waals surface area (Å²) in [5.74, 6) is 0.526. The Kier molecular flexibility index (Phi) is 5.78. The molecule has 24 heavy (non-hydrogen) atoms. The van der Waals surface area contributed by atoms with Gasteiger partial charge in [-0.2, -0.15) is 0 Å². The molecule has 0 aliphatic carbocycles. The number of carbonyl (C=O) groups is 2. The van der Waals surface area contributed by atoms with Gasteiger partial charge in [-0.1, -0.05) is 12.2 Å². The molecule has 3 N–H and O–H groups in total. The molecule has 1 unspecified atom stereocenters. The van der Waals surface area contributed by atoms with Gasteiger partial charge >= 0.3 is 0 Å². The van der Waals surface area contributed by atoms with Crippen molar-refractivity contribution in [2.75, 3.05) is 17.2 Å². The number of anilines is 2. The van der Waals surface area contributed by atoms with Crippen LogP contribution < -0.4 is 16.0 Å². The number of carbonyl (C=O) groups excluding carboxylic acids is 2. The molecule has 0 saturated heterocycles. The van der Waals surface area contributed by atoms with E-state index in [0.29, 0.717) is 23.7 Å². The second-order valence-corrected chi connectivity index (χ2v) is 5.25. The maximum Gasteiger partial charge on any atom is 0.291 e. The molecule has 0 fully saturated rings. The van der Waals surface area contributed by atoms with E-state index in [0.717, 1.165) is 0 Å². The molecule has 0 saturated carbocycles. The predicted octanol–water partition coefficient (Wildman–Crippen LogP) is 2.73. The van der Waals surface area contributed by atoms with Gasteiger partial charge in [0.1, 0.15) is 11.8 Å². The van der Waals surface area contributed by atoms with Gasteiger partial charge in [-0.05, 0) is 43.3 Å². The van der Waals surface area contributed by atoms with Crippen LogP contribution in [0.5, 0.6) is 0 Å². The SMILES string of the molecule is Cc1ccc(C(=O)Nc2ccc(NC(=O)C3C=CCN3)cc2)o1.Cl. The van der Waals surface area contributed by atoms with Crippen molar-refractivity contribution < 1.29 is 14.0 Å². The van der Waals surface area contributed by atoms with Crippen molar-refractivity contribution in [3.8, 4) is 0 Å². The zero-order valence-corrected chi connectivity index (χ0v) is 13.9. The van der Waals surface area contributed by atoms with E-state index in [2.05, 4.69) is 16.0 Å². The van der Waals surface area contributed by atoms with Crippen molar-refractivity contribution >= 4 is 35.6 Å². The highest BCUT2D eigenvalue weighted by Gasteiger charge is 2.17. The van der Waals surface area contributed by atoms with E-state index in [4.69, 9.17) is 4.42 Å². The highest BCUT2D eigenvalue weighted by molar-refractivity contribution is 6.02. The maximum absolute atomic E-state index is 12.0. The van der Waals surface area contributed by atoms with Crippen LogP contribution in [0.4, 0.5) is 11.4 Å². The fraction of sp³-hybridized carbons (Fsp3) is 0.176. The first-order valence-electron chi connectivity index (χ1n) is 7.30. The third-order valence-electron chi connectivity index (χ3n) is 3.44. The molecule has 2 heterocycles. The van der Waals surface area contributed by atoms with E-state index in [1.54, 1.807) is 43.3 Å². The lowest BCUT2D eigenvalue weighted by molar-refractivity contribution is -0.116. The quantitative estimate of drug-likeness (QED) is 0.743. The van der Waals surface area contributed by atoms with Crippen LogP contribution in [0, 0.1) is 6.92 Å². The molecule has 3 rings (SSSR count). The van der Waals surface area contributed by atoms with E-state index in [1.807, 2.05) is 12.2 Å². The number of furan rings is 1. The summed E-state index contributed by atoms with van der Waals surface area (Å²) in [5, 5.41) is 8.60. The largest absolute Gasteiger partial charge is 0.456 e. The summed E-state index contributed by atoms with van der Waals surface area (Å²) >= 11 is 0. The van der Waals surface area contributed by atoms with Crippen molar-refractivity contribution in [3.63, 3.8) is 0 Å². The minimum Gasteiger partial charge on any atom is -0.456 e. The van der Waals surface area contributed by atoms with Gasteiger partial charge in [-0.3, -0.25) is 14.9 Å². The van der Waals surface area contributed by atoms with Crippen LogP contribution in [0.15, 0.2) is 53.0 Å². The normalized spacial score (nSPS) is 15.6. The third kappa shape index (κ3) is 4.24. The molecule has 1 aromatic heterocycles. The molecule has 1 aliphatic heterocycles. The number of nitrogens with one attached hydrogen (secondary N) is 3. The average Bonchev–Trinajstić information content (AvgIpc) is 3.20. The van der Waals surface area contributed by atoms with Crippen LogP contribution in [-0.2, 0) is 4.79 Å². The van der Waals surface area contributed by atoms with E-state index < -0.39 is 0 Å². The summed E-state index contributed by atoms with van der Waals surface area (Å²) in [6, 6.07) is 9.98. The Balaban J connectivity index is 0.00000208. The third-order valence-corrected chi connectivity index (χ3v) is 3.44. The number of hydrogen-bond donors (Lipinski definition) is 3. The van der Waals surface area contributed by atoms with Crippen LogP contribution in [0.1, 0.15) is 16.3 Å². The molecule has 6 nitrogen and oxygen atoms in total. The van der Waals surface area contributed by atoms with E-state index in [-0.39, 0.29) is 36.0 Å². The first kappa shape index (κ1) is 17.8. The molecule has 7 heteroatoms. The average molecular weight is 348 g/mol. The van der Waals surface area contributed by atoms with Crippen molar-refractivity contribution in [2.45, 2.75) is 13.0 Å². The highest BCUT2D eigenvalue weighted by Crippen LogP contribution is 2.16. The lowest BCUT2D eigenvalue weighted by Crippen LogP contribution is -2.35. The Morgan fingerprint density at radius 3 is 2.29 bits per heavy atom. The second kappa shape index (κ2) is 7.81. The highest BCUT2D eigenvalue weighted by atomic mass is 35.5. The van der Waals surface area contributed by atoms with Crippen molar-refractivity contribution in [1.29, 1.82) is 0 Å². The van der Waals surface area contributed by atoms with Crippen LogP contribution in [-0.4, -0.2) is 24.4 Å². The summed E-state index contributed by atoms with van der Waals surface area (Å²) in [5.41, 5.74) is 1.30. The number of aryl methyl sites for hydroxylation is 1. The smallest absolute Gasteiger partial charge is 0.291 e. The van der Waals surface area contributed by atoms with Crippen LogP contribution in [0.2, 0.25) is 0 Å².